The zero-order valence-electron chi connectivity index (χ0n) is 15.2. The molecule has 0 bridgehead atoms. The van der Waals surface area contributed by atoms with E-state index in [0.717, 1.165) is 29.4 Å². The molecule has 0 unspecified atom stereocenters. The molecule has 1 N–H and O–H groups in total. The number of hydrogen-bond donors (Lipinski definition) is 1. The Bertz CT molecular complexity index is 930. The molecule has 0 spiro atoms. The van der Waals surface area contributed by atoms with Gasteiger partial charge in [0.15, 0.2) is 0 Å². The Labute approximate surface area is 167 Å². The Balaban J connectivity index is 1.48. The molecule has 1 saturated heterocycles. The molecular formula is C22H23BrN2O2. The van der Waals surface area contributed by atoms with Gasteiger partial charge in [0.2, 0.25) is 5.91 Å². The highest BCUT2D eigenvalue weighted by atomic mass is 79.9. The number of nitrogens with one attached hydrogen (secondary N) is 1. The van der Waals surface area contributed by atoms with Crippen LogP contribution in [0.3, 0.4) is 0 Å². The fourth-order valence-corrected chi connectivity index (χ4v) is 4.28. The summed E-state index contributed by atoms with van der Waals surface area (Å²) >= 11 is 3.53. The molecule has 3 aromatic rings. The molecule has 2 aromatic carbocycles. The van der Waals surface area contributed by atoms with E-state index in [4.69, 9.17) is 4.74 Å². The summed E-state index contributed by atoms with van der Waals surface area (Å²) < 4.78 is 8.77. The molecule has 1 amide bonds. The average Bonchev–Trinajstić information content (AvgIpc) is 3.11. The second-order valence-electron chi connectivity index (χ2n) is 7.03. The third kappa shape index (κ3) is 3.66. The van der Waals surface area contributed by atoms with Crippen molar-refractivity contribution in [3.63, 3.8) is 0 Å². The molecule has 0 atom stereocenters. The second kappa shape index (κ2) is 7.87. The number of halogens is 1. The summed E-state index contributed by atoms with van der Waals surface area (Å²) in [6.07, 6.45) is 3.52. The van der Waals surface area contributed by atoms with Crippen molar-refractivity contribution in [1.82, 2.24) is 9.88 Å². The van der Waals surface area contributed by atoms with E-state index in [1.807, 2.05) is 24.3 Å². The van der Waals surface area contributed by atoms with Crippen molar-refractivity contribution in [3.8, 4) is 0 Å². The lowest BCUT2D eigenvalue weighted by atomic mass is 9.73. The van der Waals surface area contributed by atoms with Gasteiger partial charge in [0, 0.05) is 42.5 Å². The third-order valence-electron chi connectivity index (χ3n) is 5.48. The van der Waals surface area contributed by atoms with Crippen molar-refractivity contribution in [3.05, 3.63) is 70.8 Å². The largest absolute Gasteiger partial charge is 0.381 e. The van der Waals surface area contributed by atoms with Crippen LogP contribution in [0.25, 0.3) is 10.9 Å². The number of aromatic nitrogens is 1. The van der Waals surface area contributed by atoms with Gasteiger partial charge in [0.1, 0.15) is 0 Å². The first-order valence-electron chi connectivity index (χ1n) is 9.35. The second-order valence-corrected chi connectivity index (χ2v) is 7.94. The van der Waals surface area contributed by atoms with E-state index in [-0.39, 0.29) is 5.91 Å². The van der Waals surface area contributed by atoms with Crippen LogP contribution in [-0.4, -0.2) is 30.2 Å². The predicted octanol–water partition coefficient (Wildman–Crippen LogP) is 4.27. The van der Waals surface area contributed by atoms with Gasteiger partial charge in [0.25, 0.3) is 0 Å². The normalized spacial score (nSPS) is 16.3. The summed E-state index contributed by atoms with van der Waals surface area (Å²) in [5.74, 6) is 0.106. The van der Waals surface area contributed by atoms with Crippen molar-refractivity contribution in [2.75, 3.05) is 19.8 Å². The van der Waals surface area contributed by atoms with Crippen molar-refractivity contribution >= 4 is 32.7 Å². The van der Waals surface area contributed by atoms with Crippen LogP contribution in [0, 0.1) is 0 Å². The van der Waals surface area contributed by atoms with Crippen LogP contribution >= 0.6 is 15.9 Å². The van der Waals surface area contributed by atoms with E-state index < -0.39 is 5.41 Å². The summed E-state index contributed by atoms with van der Waals surface area (Å²) in [5.41, 5.74) is 1.77. The highest BCUT2D eigenvalue weighted by Gasteiger charge is 2.41. The fourth-order valence-electron chi connectivity index (χ4n) is 3.94. The molecule has 4 nitrogen and oxygen atoms in total. The summed E-state index contributed by atoms with van der Waals surface area (Å²) in [6, 6.07) is 18.5. The van der Waals surface area contributed by atoms with Crippen LogP contribution < -0.4 is 5.32 Å². The zero-order valence-corrected chi connectivity index (χ0v) is 16.7. The Morgan fingerprint density at radius 1 is 1.11 bits per heavy atom. The molecule has 1 aliphatic heterocycles. The highest BCUT2D eigenvalue weighted by Crippen LogP contribution is 2.35. The van der Waals surface area contributed by atoms with Gasteiger partial charge >= 0.3 is 0 Å². The minimum atomic E-state index is -0.485. The standard InChI is InChI=1S/C22H23BrN2O2/c23-19-7-6-17-8-12-25(20(17)16-19)13-11-24-21(26)22(9-14-27-15-10-22)18-4-2-1-3-5-18/h1-8,12,16H,9-11,13-15H2,(H,24,26). The van der Waals surface area contributed by atoms with Gasteiger partial charge in [-0.05, 0) is 42.0 Å². The van der Waals surface area contributed by atoms with Gasteiger partial charge < -0.3 is 14.6 Å². The molecule has 1 aliphatic rings. The third-order valence-corrected chi connectivity index (χ3v) is 5.97. The number of ether oxygens (including phenoxy) is 1. The quantitative estimate of drug-likeness (QED) is 0.661. The van der Waals surface area contributed by atoms with Crippen LogP contribution in [0.5, 0.6) is 0 Å². The van der Waals surface area contributed by atoms with Gasteiger partial charge in [-0.25, -0.2) is 0 Å². The van der Waals surface area contributed by atoms with Crippen LogP contribution in [0.15, 0.2) is 65.3 Å². The first-order valence-corrected chi connectivity index (χ1v) is 10.1. The maximum Gasteiger partial charge on any atom is 0.230 e. The summed E-state index contributed by atoms with van der Waals surface area (Å²) in [7, 11) is 0. The molecule has 5 heteroatoms. The molecule has 1 aromatic heterocycles. The molecule has 27 heavy (non-hydrogen) atoms. The Hall–Kier alpha value is -2.11. The van der Waals surface area contributed by atoms with Crippen LogP contribution in [0.1, 0.15) is 18.4 Å². The summed E-state index contributed by atoms with van der Waals surface area (Å²) in [4.78, 5) is 13.2. The molecule has 0 saturated carbocycles. The first-order chi connectivity index (χ1) is 13.2. The Kier molecular flexibility index (Phi) is 5.32. The predicted molar refractivity (Wildman–Crippen MR) is 111 cm³/mol. The summed E-state index contributed by atoms with van der Waals surface area (Å²) in [6.45, 7) is 2.59. The van der Waals surface area contributed by atoms with E-state index in [2.05, 4.69) is 62.3 Å². The number of benzene rings is 2. The van der Waals surface area contributed by atoms with Crippen molar-refractivity contribution < 1.29 is 9.53 Å². The number of hydrogen-bond acceptors (Lipinski definition) is 2. The van der Waals surface area contributed by atoms with Gasteiger partial charge in [-0.1, -0.05) is 52.3 Å². The number of carbonyl (C=O) groups excluding carboxylic acids is 1. The molecule has 0 radical (unpaired) electrons. The molecule has 0 aliphatic carbocycles. The number of rotatable bonds is 5. The van der Waals surface area contributed by atoms with Crippen molar-refractivity contribution in [1.29, 1.82) is 0 Å². The Morgan fingerprint density at radius 2 is 1.89 bits per heavy atom. The Morgan fingerprint density at radius 3 is 2.67 bits per heavy atom. The molecule has 4 rings (SSSR count). The average molecular weight is 427 g/mol. The minimum absolute atomic E-state index is 0.106. The highest BCUT2D eigenvalue weighted by molar-refractivity contribution is 9.10. The summed E-state index contributed by atoms with van der Waals surface area (Å²) in [5, 5.41) is 4.39. The van der Waals surface area contributed by atoms with Crippen LogP contribution in [-0.2, 0) is 21.5 Å². The lowest BCUT2D eigenvalue weighted by Crippen LogP contribution is -2.48. The van der Waals surface area contributed by atoms with Gasteiger partial charge in [-0.2, -0.15) is 0 Å². The van der Waals surface area contributed by atoms with Crippen LogP contribution in [0.2, 0.25) is 0 Å². The first kappa shape index (κ1) is 18.3. The number of fused-ring (bicyclic) bond motifs is 1. The van der Waals surface area contributed by atoms with Gasteiger partial charge in [-0.3, -0.25) is 4.79 Å². The lowest BCUT2D eigenvalue weighted by molar-refractivity contribution is -0.130. The maximum absolute atomic E-state index is 13.2. The molecule has 140 valence electrons. The van der Waals surface area contributed by atoms with E-state index in [1.54, 1.807) is 0 Å². The number of carbonyl (C=O) groups is 1. The van der Waals surface area contributed by atoms with Crippen LogP contribution in [0.4, 0.5) is 0 Å². The van der Waals surface area contributed by atoms with E-state index >= 15 is 0 Å². The number of amides is 1. The molecular weight excluding hydrogens is 404 g/mol. The lowest BCUT2D eigenvalue weighted by Gasteiger charge is -2.36. The fraction of sp³-hybridized carbons (Fsp3) is 0.318. The SMILES string of the molecule is O=C(NCCn1ccc2ccc(Br)cc21)C1(c2ccccc2)CCOCC1. The van der Waals surface area contributed by atoms with Crippen molar-refractivity contribution in [2.24, 2.45) is 0 Å². The maximum atomic E-state index is 13.2. The van der Waals surface area contributed by atoms with E-state index in [9.17, 15) is 4.79 Å². The van der Waals surface area contributed by atoms with Gasteiger partial charge in [0.05, 0.1) is 5.41 Å². The zero-order chi connectivity index (χ0) is 18.7. The molecule has 2 heterocycles. The molecule has 1 fully saturated rings. The monoisotopic (exact) mass is 426 g/mol. The smallest absolute Gasteiger partial charge is 0.230 e. The van der Waals surface area contributed by atoms with Gasteiger partial charge in [-0.15, -0.1) is 0 Å². The van der Waals surface area contributed by atoms with E-state index in [1.165, 1.54) is 10.9 Å². The number of nitrogens with zero attached hydrogens (tertiary/aromatic N) is 1. The minimum Gasteiger partial charge on any atom is -0.381 e. The van der Waals surface area contributed by atoms with E-state index in [0.29, 0.717) is 19.8 Å². The topological polar surface area (TPSA) is 43.3 Å². The van der Waals surface area contributed by atoms with Crippen molar-refractivity contribution in [2.45, 2.75) is 24.8 Å².